The van der Waals surface area contributed by atoms with Gasteiger partial charge in [0.1, 0.15) is 0 Å². The number of carboxylic acids is 1. The van der Waals surface area contributed by atoms with Crippen molar-refractivity contribution in [1.29, 1.82) is 0 Å². The minimum Gasteiger partial charge on any atom is -0.550 e. The Kier molecular flexibility index (Phi) is 4.61. The summed E-state index contributed by atoms with van der Waals surface area (Å²) in [6.07, 6.45) is 9.12. The van der Waals surface area contributed by atoms with Crippen molar-refractivity contribution in [2.45, 2.75) is 39.0 Å². The van der Waals surface area contributed by atoms with Crippen LogP contribution in [0.3, 0.4) is 0 Å². The number of allylic oxidation sites excluding steroid dienone is 2. The molecule has 0 aromatic heterocycles. The standard InChI is InChI=1S/C15H23NO3/c1-2-3-4-5-8-16-14(17)12-10-6-7-11(9-10)13(12)15(18)19/h6-7,10-13H,2-5,8-9H2,1H3,(H,16,17)(H,18,19)/p-1/t10-,11+,12-,13+/m1/s1. The van der Waals surface area contributed by atoms with Crippen molar-refractivity contribution in [3.8, 4) is 0 Å². The third-order valence-corrected chi connectivity index (χ3v) is 4.36. The van der Waals surface area contributed by atoms with Gasteiger partial charge < -0.3 is 15.2 Å². The van der Waals surface area contributed by atoms with Crippen LogP contribution in [0.1, 0.15) is 39.0 Å². The molecule has 2 bridgehead atoms. The predicted molar refractivity (Wildman–Crippen MR) is 69.9 cm³/mol. The fraction of sp³-hybridized carbons (Fsp3) is 0.733. The maximum Gasteiger partial charge on any atom is 0.224 e. The van der Waals surface area contributed by atoms with E-state index in [2.05, 4.69) is 12.2 Å². The van der Waals surface area contributed by atoms with Crippen LogP contribution in [0.25, 0.3) is 0 Å². The van der Waals surface area contributed by atoms with Gasteiger partial charge in [0, 0.05) is 18.4 Å². The molecule has 0 spiro atoms. The van der Waals surface area contributed by atoms with Crippen molar-refractivity contribution >= 4 is 11.9 Å². The SMILES string of the molecule is CCCCCCNC(=O)[C@H]1[C@@H](C(=O)[O-])[C@H]2C=C[C@@H]1C2. The van der Waals surface area contributed by atoms with E-state index in [1.807, 2.05) is 12.2 Å². The molecule has 4 heteroatoms. The maximum absolute atomic E-state index is 12.1. The molecular formula is C15H22NO3-. The Balaban J connectivity index is 1.84. The number of carbonyl (C=O) groups is 2. The lowest BCUT2D eigenvalue weighted by Gasteiger charge is -2.27. The molecule has 2 aliphatic rings. The molecule has 0 aliphatic heterocycles. The normalized spacial score (nSPS) is 31.6. The van der Waals surface area contributed by atoms with E-state index in [4.69, 9.17) is 0 Å². The summed E-state index contributed by atoms with van der Waals surface area (Å²) in [5, 5.41) is 14.1. The van der Waals surface area contributed by atoms with Crippen LogP contribution < -0.4 is 10.4 Å². The van der Waals surface area contributed by atoms with Gasteiger partial charge in [0.25, 0.3) is 0 Å². The molecule has 2 rings (SSSR count). The van der Waals surface area contributed by atoms with Gasteiger partial charge >= 0.3 is 0 Å². The monoisotopic (exact) mass is 264 g/mol. The highest BCUT2D eigenvalue weighted by Gasteiger charge is 2.48. The molecule has 1 N–H and O–H groups in total. The number of carbonyl (C=O) groups excluding carboxylic acids is 2. The third kappa shape index (κ3) is 2.99. The zero-order chi connectivity index (χ0) is 13.8. The van der Waals surface area contributed by atoms with Gasteiger partial charge in [-0.2, -0.15) is 0 Å². The second-order valence-corrected chi connectivity index (χ2v) is 5.67. The van der Waals surface area contributed by atoms with Gasteiger partial charge in [-0.1, -0.05) is 38.3 Å². The summed E-state index contributed by atoms with van der Waals surface area (Å²) in [5.41, 5.74) is 0. The lowest BCUT2D eigenvalue weighted by atomic mass is 9.82. The molecule has 1 saturated carbocycles. The quantitative estimate of drug-likeness (QED) is 0.548. The van der Waals surface area contributed by atoms with E-state index >= 15 is 0 Å². The first-order valence-electron chi connectivity index (χ1n) is 7.32. The lowest BCUT2D eigenvalue weighted by molar-refractivity contribution is -0.313. The molecule has 106 valence electrons. The fourth-order valence-electron chi connectivity index (χ4n) is 3.38. The molecular weight excluding hydrogens is 242 g/mol. The molecule has 4 nitrogen and oxygen atoms in total. The summed E-state index contributed by atoms with van der Waals surface area (Å²) in [6, 6.07) is 0. The third-order valence-electron chi connectivity index (χ3n) is 4.36. The Hall–Kier alpha value is -1.32. The summed E-state index contributed by atoms with van der Waals surface area (Å²) in [7, 11) is 0. The van der Waals surface area contributed by atoms with Crippen LogP contribution in [0.2, 0.25) is 0 Å². The summed E-state index contributed by atoms with van der Waals surface area (Å²) < 4.78 is 0. The van der Waals surface area contributed by atoms with E-state index in [0.717, 1.165) is 25.7 Å². The van der Waals surface area contributed by atoms with Crippen LogP contribution in [-0.2, 0) is 9.59 Å². The first-order valence-corrected chi connectivity index (χ1v) is 7.32. The number of hydrogen-bond acceptors (Lipinski definition) is 3. The van der Waals surface area contributed by atoms with Gasteiger partial charge in [-0.15, -0.1) is 0 Å². The van der Waals surface area contributed by atoms with Crippen molar-refractivity contribution in [3.05, 3.63) is 12.2 Å². The summed E-state index contributed by atoms with van der Waals surface area (Å²) in [6.45, 7) is 2.79. The first-order chi connectivity index (χ1) is 9.15. The molecule has 0 heterocycles. The number of unbranched alkanes of at least 4 members (excludes halogenated alkanes) is 3. The number of hydrogen-bond donors (Lipinski definition) is 1. The topological polar surface area (TPSA) is 69.2 Å². The second-order valence-electron chi connectivity index (χ2n) is 5.67. The van der Waals surface area contributed by atoms with Crippen LogP contribution in [0.15, 0.2) is 12.2 Å². The van der Waals surface area contributed by atoms with Crippen LogP contribution in [0, 0.1) is 23.7 Å². The highest BCUT2D eigenvalue weighted by molar-refractivity contribution is 5.86. The van der Waals surface area contributed by atoms with E-state index in [-0.39, 0.29) is 17.7 Å². The van der Waals surface area contributed by atoms with Crippen LogP contribution in [-0.4, -0.2) is 18.4 Å². The van der Waals surface area contributed by atoms with Gasteiger partial charge in [0.15, 0.2) is 0 Å². The minimum atomic E-state index is -1.08. The van der Waals surface area contributed by atoms with Gasteiger partial charge in [0.2, 0.25) is 5.91 Å². The summed E-state index contributed by atoms with van der Waals surface area (Å²) in [4.78, 5) is 23.3. The molecule has 0 unspecified atom stereocenters. The molecule has 0 aromatic carbocycles. The molecule has 1 fully saturated rings. The Bertz CT molecular complexity index is 378. The highest BCUT2D eigenvalue weighted by Crippen LogP contribution is 2.47. The molecule has 4 atom stereocenters. The van der Waals surface area contributed by atoms with Crippen molar-refractivity contribution in [1.82, 2.24) is 5.32 Å². The molecule has 0 aromatic rings. The number of carboxylic acid groups (broad SMARTS) is 1. The van der Waals surface area contributed by atoms with Gasteiger partial charge in [-0.3, -0.25) is 4.79 Å². The average molecular weight is 264 g/mol. The Labute approximate surface area is 114 Å². The molecule has 1 amide bonds. The number of rotatable bonds is 7. The van der Waals surface area contributed by atoms with Gasteiger partial charge in [-0.25, -0.2) is 0 Å². The molecule has 19 heavy (non-hydrogen) atoms. The largest absolute Gasteiger partial charge is 0.550 e. The van der Waals surface area contributed by atoms with Crippen LogP contribution >= 0.6 is 0 Å². The van der Waals surface area contributed by atoms with Crippen LogP contribution in [0.4, 0.5) is 0 Å². The molecule has 0 saturated heterocycles. The average Bonchev–Trinajstić information content (AvgIpc) is 2.98. The number of aliphatic carboxylic acids is 1. The molecule has 0 radical (unpaired) electrons. The summed E-state index contributed by atoms with van der Waals surface area (Å²) >= 11 is 0. The number of fused-ring (bicyclic) bond motifs is 2. The second kappa shape index (κ2) is 6.22. The van der Waals surface area contributed by atoms with Crippen molar-refractivity contribution in [3.63, 3.8) is 0 Å². The number of nitrogens with one attached hydrogen (secondary N) is 1. The number of amides is 1. The van der Waals surface area contributed by atoms with Crippen molar-refractivity contribution in [2.24, 2.45) is 23.7 Å². The van der Waals surface area contributed by atoms with Crippen molar-refractivity contribution in [2.75, 3.05) is 6.54 Å². The van der Waals surface area contributed by atoms with Crippen molar-refractivity contribution < 1.29 is 14.7 Å². The van der Waals surface area contributed by atoms with Gasteiger partial charge in [-0.05, 0) is 24.7 Å². The minimum absolute atomic E-state index is 0.00848. The first kappa shape index (κ1) is 14.1. The van der Waals surface area contributed by atoms with Gasteiger partial charge in [0.05, 0.1) is 5.92 Å². The molecule has 2 aliphatic carbocycles. The lowest BCUT2D eigenvalue weighted by Crippen LogP contribution is -2.45. The summed E-state index contributed by atoms with van der Waals surface area (Å²) in [5.74, 6) is -2.17. The van der Waals surface area contributed by atoms with E-state index < -0.39 is 17.8 Å². The smallest absolute Gasteiger partial charge is 0.224 e. The Morgan fingerprint density at radius 2 is 1.84 bits per heavy atom. The van der Waals surface area contributed by atoms with E-state index in [1.165, 1.54) is 6.42 Å². The Morgan fingerprint density at radius 3 is 2.47 bits per heavy atom. The zero-order valence-corrected chi connectivity index (χ0v) is 11.4. The van der Waals surface area contributed by atoms with E-state index in [9.17, 15) is 14.7 Å². The van der Waals surface area contributed by atoms with E-state index in [0.29, 0.717) is 6.54 Å². The highest BCUT2D eigenvalue weighted by atomic mass is 16.4. The zero-order valence-electron chi connectivity index (χ0n) is 11.4. The maximum atomic E-state index is 12.1. The predicted octanol–water partition coefficient (Wildman–Crippen LogP) is 0.871. The van der Waals surface area contributed by atoms with Crippen LogP contribution in [0.5, 0.6) is 0 Å². The Morgan fingerprint density at radius 1 is 1.16 bits per heavy atom. The fourth-order valence-corrected chi connectivity index (χ4v) is 3.38. The van der Waals surface area contributed by atoms with E-state index in [1.54, 1.807) is 0 Å².